The molecule has 0 saturated carbocycles. The van der Waals surface area contributed by atoms with Crippen LogP contribution >= 0.6 is 0 Å². The number of nitrogens with zero attached hydrogens (tertiary/aromatic N) is 3. The Labute approximate surface area is 171 Å². The van der Waals surface area contributed by atoms with Gasteiger partial charge in [0.1, 0.15) is 18.4 Å². The highest BCUT2D eigenvalue weighted by Crippen LogP contribution is 2.23. The summed E-state index contributed by atoms with van der Waals surface area (Å²) >= 11 is 0. The molecule has 29 heavy (non-hydrogen) atoms. The van der Waals surface area contributed by atoms with E-state index in [1.54, 1.807) is 18.1 Å². The van der Waals surface area contributed by atoms with E-state index < -0.39 is 0 Å². The van der Waals surface area contributed by atoms with E-state index in [0.717, 1.165) is 22.4 Å². The van der Waals surface area contributed by atoms with Gasteiger partial charge < -0.3 is 15.4 Å². The van der Waals surface area contributed by atoms with Gasteiger partial charge in [-0.15, -0.1) is 0 Å². The predicted octanol–water partition coefficient (Wildman–Crippen LogP) is 3.53. The summed E-state index contributed by atoms with van der Waals surface area (Å²) in [6.07, 6.45) is 3.21. The summed E-state index contributed by atoms with van der Waals surface area (Å²) in [5.41, 5.74) is 3.21. The monoisotopic (exact) mass is 393 g/mol. The lowest BCUT2D eigenvalue weighted by molar-refractivity contribution is 0.232. The number of carbonyl (C=O) groups is 1. The molecule has 0 aliphatic rings. The first-order valence-electron chi connectivity index (χ1n) is 9.63. The average molecular weight is 393 g/mol. The first kappa shape index (κ1) is 20.4. The summed E-state index contributed by atoms with van der Waals surface area (Å²) in [6, 6.07) is 15.6. The predicted molar refractivity (Wildman–Crippen MR) is 112 cm³/mol. The van der Waals surface area contributed by atoms with Crippen LogP contribution in [-0.4, -0.2) is 27.9 Å². The normalized spacial score (nSPS) is 11.9. The fraction of sp³-hybridized carbons (Fsp3) is 0.318. The smallest absolute Gasteiger partial charge is 0.315 e. The van der Waals surface area contributed by atoms with Crippen molar-refractivity contribution >= 4 is 6.03 Å². The first-order valence-corrected chi connectivity index (χ1v) is 9.63. The Morgan fingerprint density at radius 1 is 1.07 bits per heavy atom. The minimum atomic E-state index is -0.189. The van der Waals surface area contributed by atoms with Crippen molar-refractivity contribution in [1.82, 2.24) is 25.4 Å². The van der Waals surface area contributed by atoms with Crippen molar-refractivity contribution in [3.63, 3.8) is 0 Å². The molecule has 7 nitrogen and oxygen atoms in total. The lowest BCUT2D eigenvalue weighted by Crippen LogP contribution is -2.39. The lowest BCUT2D eigenvalue weighted by Gasteiger charge is -2.23. The molecule has 1 aromatic heterocycles. The van der Waals surface area contributed by atoms with Gasteiger partial charge in [0.25, 0.3) is 0 Å². The van der Waals surface area contributed by atoms with Gasteiger partial charge in [0.15, 0.2) is 0 Å². The Kier molecular flexibility index (Phi) is 6.84. The lowest BCUT2D eigenvalue weighted by atomic mass is 9.96. The second kappa shape index (κ2) is 9.73. The number of amides is 2. The molecule has 0 fully saturated rings. The molecular weight excluding hydrogens is 366 g/mol. The number of methoxy groups -OCH3 is 1. The van der Waals surface area contributed by atoms with Gasteiger partial charge >= 0.3 is 6.03 Å². The van der Waals surface area contributed by atoms with E-state index in [-0.39, 0.29) is 18.0 Å². The van der Waals surface area contributed by atoms with Crippen molar-refractivity contribution < 1.29 is 9.53 Å². The zero-order chi connectivity index (χ0) is 20.6. The van der Waals surface area contributed by atoms with Crippen molar-refractivity contribution in [3.05, 3.63) is 77.9 Å². The van der Waals surface area contributed by atoms with Crippen LogP contribution in [0.3, 0.4) is 0 Å². The minimum absolute atomic E-state index is 0.0778. The third kappa shape index (κ3) is 5.81. The van der Waals surface area contributed by atoms with E-state index in [1.165, 1.54) is 6.33 Å². The number of benzene rings is 2. The van der Waals surface area contributed by atoms with Crippen LogP contribution in [0.5, 0.6) is 5.75 Å². The standard InChI is InChI=1S/C22H27N5O2/c1-16(2)21(19-8-10-20(29-3)11-9-19)26-22(28)24-12-17-4-6-18(7-5-17)13-27-15-23-14-25-27/h4-11,14-16,21H,12-13H2,1-3H3,(H2,24,26,28). The molecule has 0 saturated heterocycles. The Bertz CT molecular complexity index is 890. The van der Waals surface area contributed by atoms with Crippen LogP contribution in [-0.2, 0) is 13.1 Å². The molecule has 3 aromatic rings. The number of nitrogens with one attached hydrogen (secondary N) is 2. The molecule has 2 aromatic carbocycles. The molecule has 1 atom stereocenters. The highest BCUT2D eigenvalue weighted by Gasteiger charge is 2.18. The molecular formula is C22H27N5O2. The van der Waals surface area contributed by atoms with Crippen molar-refractivity contribution in [2.24, 2.45) is 5.92 Å². The maximum absolute atomic E-state index is 12.4. The van der Waals surface area contributed by atoms with E-state index in [0.29, 0.717) is 13.1 Å². The van der Waals surface area contributed by atoms with Crippen LogP contribution in [0.25, 0.3) is 0 Å². The SMILES string of the molecule is COc1ccc(C(NC(=O)NCc2ccc(Cn3cncn3)cc2)C(C)C)cc1. The largest absolute Gasteiger partial charge is 0.497 e. The average Bonchev–Trinajstić information content (AvgIpc) is 3.24. The molecule has 0 bridgehead atoms. The van der Waals surface area contributed by atoms with Gasteiger partial charge in [0, 0.05) is 6.54 Å². The molecule has 2 N–H and O–H groups in total. The van der Waals surface area contributed by atoms with Crippen LogP contribution in [0.2, 0.25) is 0 Å². The maximum atomic E-state index is 12.4. The number of urea groups is 1. The van der Waals surface area contributed by atoms with Crippen molar-refractivity contribution in [2.75, 3.05) is 7.11 Å². The summed E-state index contributed by atoms with van der Waals surface area (Å²) in [7, 11) is 1.64. The van der Waals surface area contributed by atoms with Gasteiger partial charge in [-0.2, -0.15) is 5.10 Å². The third-order valence-electron chi connectivity index (χ3n) is 4.72. The van der Waals surface area contributed by atoms with E-state index in [1.807, 2.05) is 48.5 Å². The van der Waals surface area contributed by atoms with E-state index >= 15 is 0 Å². The summed E-state index contributed by atoms with van der Waals surface area (Å²) in [5, 5.41) is 10.1. The van der Waals surface area contributed by atoms with Crippen molar-refractivity contribution in [3.8, 4) is 5.75 Å². The van der Waals surface area contributed by atoms with Gasteiger partial charge in [0.2, 0.25) is 0 Å². The quantitative estimate of drug-likeness (QED) is 0.613. The van der Waals surface area contributed by atoms with Crippen LogP contribution in [0, 0.1) is 5.92 Å². The van der Waals surface area contributed by atoms with E-state index in [2.05, 4.69) is 34.6 Å². The van der Waals surface area contributed by atoms with Gasteiger partial charge in [-0.05, 0) is 34.7 Å². The molecule has 0 radical (unpaired) electrons. The van der Waals surface area contributed by atoms with Gasteiger partial charge in [-0.1, -0.05) is 50.2 Å². The molecule has 0 spiro atoms. The number of ether oxygens (including phenoxy) is 1. The van der Waals surface area contributed by atoms with Crippen LogP contribution in [0.15, 0.2) is 61.2 Å². The van der Waals surface area contributed by atoms with Crippen molar-refractivity contribution in [2.45, 2.75) is 33.0 Å². The fourth-order valence-corrected chi connectivity index (χ4v) is 3.08. The van der Waals surface area contributed by atoms with E-state index in [9.17, 15) is 4.79 Å². The molecule has 7 heteroatoms. The number of aromatic nitrogens is 3. The maximum Gasteiger partial charge on any atom is 0.315 e. The zero-order valence-electron chi connectivity index (χ0n) is 17.0. The second-order valence-electron chi connectivity index (χ2n) is 7.23. The summed E-state index contributed by atoms with van der Waals surface area (Å²) < 4.78 is 6.98. The van der Waals surface area contributed by atoms with E-state index in [4.69, 9.17) is 4.74 Å². The first-order chi connectivity index (χ1) is 14.0. The molecule has 1 heterocycles. The number of hydrogen-bond donors (Lipinski definition) is 2. The van der Waals surface area contributed by atoms with Crippen molar-refractivity contribution in [1.29, 1.82) is 0 Å². The number of hydrogen-bond acceptors (Lipinski definition) is 4. The Hall–Kier alpha value is -3.35. The second-order valence-corrected chi connectivity index (χ2v) is 7.23. The third-order valence-corrected chi connectivity index (χ3v) is 4.72. The zero-order valence-corrected chi connectivity index (χ0v) is 17.0. The summed E-state index contributed by atoms with van der Waals surface area (Å²) in [5.74, 6) is 1.05. The van der Waals surface area contributed by atoms with Crippen LogP contribution in [0.4, 0.5) is 4.79 Å². The fourth-order valence-electron chi connectivity index (χ4n) is 3.08. The highest BCUT2D eigenvalue weighted by molar-refractivity contribution is 5.74. The molecule has 1 unspecified atom stereocenters. The minimum Gasteiger partial charge on any atom is -0.497 e. The topological polar surface area (TPSA) is 81.1 Å². The van der Waals surface area contributed by atoms with Crippen LogP contribution < -0.4 is 15.4 Å². The van der Waals surface area contributed by atoms with Gasteiger partial charge in [0.05, 0.1) is 19.7 Å². The molecule has 152 valence electrons. The number of rotatable bonds is 8. The summed E-state index contributed by atoms with van der Waals surface area (Å²) in [4.78, 5) is 16.4. The molecule has 2 amide bonds. The molecule has 0 aliphatic heterocycles. The number of carbonyl (C=O) groups excluding carboxylic acids is 1. The van der Waals surface area contributed by atoms with Gasteiger partial charge in [-0.25, -0.2) is 14.5 Å². The summed E-state index contributed by atoms with van der Waals surface area (Å²) in [6.45, 7) is 5.31. The Balaban J connectivity index is 1.53. The molecule has 0 aliphatic carbocycles. The Morgan fingerprint density at radius 2 is 1.76 bits per heavy atom. The van der Waals surface area contributed by atoms with Gasteiger partial charge in [-0.3, -0.25) is 0 Å². The highest BCUT2D eigenvalue weighted by atomic mass is 16.5. The van der Waals surface area contributed by atoms with Crippen LogP contribution in [0.1, 0.15) is 36.6 Å². The Morgan fingerprint density at radius 3 is 2.34 bits per heavy atom. The molecule has 3 rings (SSSR count).